The van der Waals surface area contributed by atoms with Gasteiger partial charge in [0, 0.05) is 6.42 Å². The van der Waals surface area contributed by atoms with Gasteiger partial charge in [0.1, 0.15) is 5.60 Å². The molecular formula is C12H20O4. The molecule has 1 N–H and O–H groups in total. The zero-order valence-corrected chi connectivity index (χ0v) is 10.2. The third-order valence-electron chi connectivity index (χ3n) is 2.60. The molecule has 0 aliphatic heterocycles. The Bertz CT molecular complexity index is 277. The molecule has 1 fully saturated rings. The number of carboxylic acids is 1. The fourth-order valence-corrected chi connectivity index (χ4v) is 1.75. The highest BCUT2D eigenvalue weighted by atomic mass is 16.6. The lowest BCUT2D eigenvalue weighted by Crippen LogP contribution is -2.25. The van der Waals surface area contributed by atoms with Crippen LogP contribution in [0.3, 0.4) is 0 Å². The quantitative estimate of drug-likeness (QED) is 0.733. The molecule has 0 amide bonds. The molecule has 92 valence electrons. The maximum atomic E-state index is 11.6. The molecule has 2 atom stereocenters. The minimum Gasteiger partial charge on any atom is -0.481 e. The highest BCUT2D eigenvalue weighted by Crippen LogP contribution is 2.43. The summed E-state index contributed by atoms with van der Waals surface area (Å²) in [6, 6.07) is 0. The number of ether oxygens (including phenoxy) is 1. The first-order valence-corrected chi connectivity index (χ1v) is 5.74. The van der Waals surface area contributed by atoms with Gasteiger partial charge in [-0.1, -0.05) is 0 Å². The summed E-state index contributed by atoms with van der Waals surface area (Å²) in [6.45, 7) is 5.56. The van der Waals surface area contributed by atoms with Crippen LogP contribution < -0.4 is 0 Å². The highest BCUT2D eigenvalue weighted by molar-refractivity contribution is 5.76. The maximum absolute atomic E-state index is 11.6. The average molecular weight is 228 g/mol. The second-order valence-corrected chi connectivity index (χ2v) is 5.42. The van der Waals surface area contributed by atoms with Crippen molar-refractivity contribution in [3.63, 3.8) is 0 Å². The first-order valence-electron chi connectivity index (χ1n) is 5.74. The standard InChI is InChI=1S/C12H20O4/c1-12(2,3)16-11(15)9-7-8(9)5-4-6-10(13)14/h8-9H,4-7H2,1-3H3,(H,13,14)/t8-,9-/m0/s1. The summed E-state index contributed by atoms with van der Waals surface area (Å²) in [7, 11) is 0. The summed E-state index contributed by atoms with van der Waals surface area (Å²) in [5.74, 6) is -0.551. The van der Waals surface area contributed by atoms with E-state index >= 15 is 0 Å². The van der Waals surface area contributed by atoms with E-state index in [0.717, 1.165) is 12.8 Å². The minimum atomic E-state index is -0.769. The van der Waals surface area contributed by atoms with Gasteiger partial charge in [0.15, 0.2) is 0 Å². The Morgan fingerprint density at radius 3 is 2.50 bits per heavy atom. The van der Waals surface area contributed by atoms with E-state index in [2.05, 4.69) is 0 Å². The average Bonchev–Trinajstić information content (AvgIpc) is 2.79. The molecule has 16 heavy (non-hydrogen) atoms. The molecule has 1 aliphatic carbocycles. The number of aliphatic carboxylic acids is 1. The smallest absolute Gasteiger partial charge is 0.309 e. The lowest BCUT2D eigenvalue weighted by atomic mass is 10.1. The summed E-state index contributed by atoms with van der Waals surface area (Å²) in [5.41, 5.74) is -0.425. The predicted octanol–water partition coefficient (Wildman–Crippen LogP) is 2.22. The zero-order valence-electron chi connectivity index (χ0n) is 10.2. The molecule has 1 aliphatic rings. The van der Waals surface area contributed by atoms with E-state index in [0.29, 0.717) is 12.3 Å². The van der Waals surface area contributed by atoms with E-state index in [1.165, 1.54) is 0 Å². The lowest BCUT2D eigenvalue weighted by Gasteiger charge is -2.19. The van der Waals surface area contributed by atoms with Gasteiger partial charge in [-0.3, -0.25) is 9.59 Å². The lowest BCUT2D eigenvalue weighted by molar-refractivity contribution is -0.156. The van der Waals surface area contributed by atoms with Crippen LogP contribution in [0.4, 0.5) is 0 Å². The summed E-state index contributed by atoms with van der Waals surface area (Å²) < 4.78 is 5.26. The Kier molecular flexibility index (Phi) is 3.94. The fourth-order valence-electron chi connectivity index (χ4n) is 1.75. The van der Waals surface area contributed by atoms with Crippen LogP contribution in [0.15, 0.2) is 0 Å². The van der Waals surface area contributed by atoms with E-state index in [1.54, 1.807) is 0 Å². The Labute approximate surface area is 96.0 Å². The first kappa shape index (κ1) is 13.0. The second-order valence-electron chi connectivity index (χ2n) is 5.42. The van der Waals surface area contributed by atoms with Gasteiger partial charge in [-0.25, -0.2) is 0 Å². The summed E-state index contributed by atoms with van der Waals surface area (Å²) in [6.07, 6.45) is 2.52. The van der Waals surface area contributed by atoms with E-state index in [-0.39, 0.29) is 18.3 Å². The number of rotatable bonds is 5. The van der Waals surface area contributed by atoms with E-state index in [4.69, 9.17) is 9.84 Å². The number of carbonyl (C=O) groups is 2. The van der Waals surface area contributed by atoms with E-state index in [9.17, 15) is 9.59 Å². The molecule has 0 aromatic carbocycles. The van der Waals surface area contributed by atoms with Crippen LogP contribution in [-0.2, 0) is 14.3 Å². The summed E-state index contributed by atoms with van der Waals surface area (Å²) in [4.78, 5) is 21.9. The van der Waals surface area contributed by atoms with Crippen molar-refractivity contribution in [1.29, 1.82) is 0 Å². The molecule has 4 nitrogen and oxygen atoms in total. The van der Waals surface area contributed by atoms with Gasteiger partial charge >= 0.3 is 11.9 Å². The van der Waals surface area contributed by atoms with Crippen molar-refractivity contribution >= 4 is 11.9 Å². The fraction of sp³-hybridized carbons (Fsp3) is 0.833. The molecule has 0 unspecified atom stereocenters. The van der Waals surface area contributed by atoms with Crippen molar-refractivity contribution in [1.82, 2.24) is 0 Å². The van der Waals surface area contributed by atoms with Crippen molar-refractivity contribution in [2.45, 2.75) is 52.1 Å². The van der Waals surface area contributed by atoms with Crippen molar-refractivity contribution in [3.8, 4) is 0 Å². The van der Waals surface area contributed by atoms with Gasteiger partial charge < -0.3 is 9.84 Å². The monoisotopic (exact) mass is 228 g/mol. The Hall–Kier alpha value is -1.06. The van der Waals surface area contributed by atoms with Crippen LogP contribution in [0, 0.1) is 11.8 Å². The first-order chi connectivity index (χ1) is 7.29. The van der Waals surface area contributed by atoms with Crippen molar-refractivity contribution < 1.29 is 19.4 Å². The van der Waals surface area contributed by atoms with Crippen LogP contribution in [-0.4, -0.2) is 22.6 Å². The Morgan fingerprint density at radius 2 is 2.00 bits per heavy atom. The molecule has 0 heterocycles. The van der Waals surface area contributed by atoms with Crippen molar-refractivity contribution in [3.05, 3.63) is 0 Å². The zero-order chi connectivity index (χ0) is 12.3. The molecule has 4 heteroatoms. The molecule has 0 aromatic rings. The molecule has 0 bridgehead atoms. The summed E-state index contributed by atoms with van der Waals surface area (Å²) in [5, 5.41) is 8.48. The van der Waals surface area contributed by atoms with Crippen LogP contribution >= 0.6 is 0 Å². The van der Waals surface area contributed by atoms with Gasteiger partial charge in [0.25, 0.3) is 0 Å². The van der Waals surface area contributed by atoms with Gasteiger partial charge in [-0.2, -0.15) is 0 Å². The highest BCUT2D eigenvalue weighted by Gasteiger charge is 2.44. The Morgan fingerprint density at radius 1 is 1.38 bits per heavy atom. The number of hydrogen-bond donors (Lipinski definition) is 1. The molecule has 1 rings (SSSR count). The van der Waals surface area contributed by atoms with Gasteiger partial charge in [0.05, 0.1) is 5.92 Å². The van der Waals surface area contributed by atoms with Crippen molar-refractivity contribution in [2.24, 2.45) is 11.8 Å². The maximum Gasteiger partial charge on any atom is 0.309 e. The third kappa shape index (κ3) is 4.64. The van der Waals surface area contributed by atoms with Gasteiger partial charge in [-0.05, 0) is 46.0 Å². The summed E-state index contributed by atoms with van der Waals surface area (Å²) >= 11 is 0. The topological polar surface area (TPSA) is 63.6 Å². The number of hydrogen-bond acceptors (Lipinski definition) is 3. The van der Waals surface area contributed by atoms with Gasteiger partial charge in [-0.15, -0.1) is 0 Å². The van der Waals surface area contributed by atoms with Crippen LogP contribution in [0.2, 0.25) is 0 Å². The normalized spacial score (nSPS) is 23.9. The van der Waals surface area contributed by atoms with Crippen LogP contribution in [0.1, 0.15) is 46.5 Å². The second kappa shape index (κ2) is 4.85. The van der Waals surface area contributed by atoms with Crippen LogP contribution in [0.25, 0.3) is 0 Å². The molecule has 0 aromatic heterocycles. The van der Waals surface area contributed by atoms with Crippen molar-refractivity contribution in [2.75, 3.05) is 0 Å². The number of carbonyl (C=O) groups excluding carboxylic acids is 1. The number of esters is 1. The molecule has 0 radical (unpaired) electrons. The van der Waals surface area contributed by atoms with Gasteiger partial charge in [0.2, 0.25) is 0 Å². The Balaban J connectivity index is 2.18. The molecular weight excluding hydrogens is 208 g/mol. The van der Waals surface area contributed by atoms with E-state index < -0.39 is 11.6 Å². The van der Waals surface area contributed by atoms with Crippen LogP contribution in [0.5, 0.6) is 0 Å². The van der Waals surface area contributed by atoms with E-state index in [1.807, 2.05) is 20.8 Å². The minimum absolute atomic E-state index is 0.00743. The molecule has 1 saturated carbocycles. The molecule has 0 spiro atoms. The molecule has 0 saturated heterocycles. The largest absolute Gasteiger partial charge is 0.481 e. The number of carboxylic acid groups (broad SMARTS) is 1. The SMILES string of the molecule is CC(C)(C)OC(=O)[C@H]1C[C@@H]1CCCC(=O)O. The predicted molar refractivity (Wildman–Crippen MR) is 58.9 cm³/mol. The third-order valence-corrected chi connectivity index (χ3v) is 2.60.